The summed E-state index contributed by atoms with van der Waals surface area (Å²) in [7, 11) is 0. The molecule has 0 spiro atoms. The molecule has 1 aliphatic heterocycles. The predicted octanol–water partition coefficient (Wildman–Crippen LogP) is 13.1. The average Bonchev–Trinajstić information content (AvgIpc) is 4.52. The van der Waals surface area contributed by atoms with Crippen molar-refractivity contribution in [3.8, 4) is 0 Å². The molecule has 0 amide bonds. The van der Waals surface area contributed by atoms with E-state index in [1.165, 1.54) is 0 Å². The molecular weight excluding hydrogens is 1170 g/mol. The van der Waals surface area contributed by atoms with Crippen molar-refractivity contribution in [3.05, 3.63) is 294 Å². The van der Waals surface area contributed by atoms with Gasteiger partial charge in [-0.05, 0) is 188 Å². The van der Waals surface area contributed by atoms with Gasteiger partial charge in [-0.2, -0.15) is 0 Å². The first-order valence-corrected chi connectivity index (χ1v) is 27.9. The minimum Gasteiger partial charge on any atom is -1.00 e. The van der Waals surface area contributed by atoms with E-state index in [9.17, 15) is 0 Å². The number of fused-ring (bicyclic) bond motifs is 8. The molecule has 8 bridgehead atoms. The number of nitrogens with zero attached hydrogens (tertiary/aromatic N) is 6. The summed E-state index contributed by atoms with van der Waals surface area (Å²) in [6.07, 6.45) is 7.06. The van der Waals surface area contributed by atoms with Gasteiger partial charge in [0.05, 0.1) is 38.3 Å². The summed E-state index contributed by atoms with van der Waals surface area (Å²) in [5.41, 5.74) is 20.9. The van der Waals surface area contributed by atoms with E-state index < -0.39 is 0 Å². The molecule has 0 saturated heterocycles. The van der Waals surface area contributed by atoms with Gasteiger partial charge >= 0.3 is 0 Å². The Kier molecular flexibility index (Phi) is 26.7. The summed E-state index contributed by atoms with van der Waals surface area (Å²) in [4.78, 5) is 36.2. The Morgan fingerprint density at radius 2 is 0.494 bits per heavy atom. The molecule has 0 radical (unpaired) electrons. The molecule has 0 unspecified atom stereocenters. The van der Waals surface area contributed by atoms with Crippen LogP contribution in [0.3, 0.4) is 0 Å². The fraction of sp³-hybridized carbons (Fsp3) is 0.206. The average molecular weight is 1240 g/mol. The number of aromatic nitrogens is 8. The van der Waals surface area contributed by atoms with E-state index in [-0.39, 0.29) is 45.5 Å². The Labute approximate surface area is 513 Å². The maximum Gasteiger partial charge on any atom is 0.102 e. The van der Waals surface area contributed by atoms with Crippen molar-refractivity contribution in [2.75, 3.05) is 16.0 Å². The van der Waals surface area contributed by atoms with Gasteiger partial charge in [0.1, 0.15) is 11.6 Å². The van der Waals surface area contributed by atoms with Crippen molar-refractivity contribution >= 4 is 69.6 Å². The second-order valence-electron chi connectivity index (χ2n) is 17.9. The van der Waals surface area contributed by atoms with E-state index in [1.807, 2.05) is 13.8 Å². The number of aromatic amines is 2. The summed E-state index contributed by atoms with van der Waals surface area (Å²) in [5.74, 6) is 6.06. The fourth-order valence-corrected chi connectivity index (χ4v) is 9.14. The molecular formula is C63H62Cl7FeN8-. The third-order valence-corrected chi connectivity index (χ3v) is 13.4. The molecule has 0 fully saturated rings. The first-order valence-electron chi connectivity index (χ1n) is 24.7. The number of hydrogen-bond donors (Lipinski definition) is 2. The molecule has 8 nitrogen and oxygen atoms in total. The van der Waals surface area contributed by atoms with Gasteiger partial charge in [0.15, 0.2) is 0 Å². The van der Waals surface area contributed by atoms with Crippen molar-refractivity contribution in [1.82, 2.24) is 39.9 Å². The zero-order valence-electron chi connectivity index (χ0n) is 45.7. The van der Waals surface area contributed by atoms with Crippen LogP contribution in [-0.2, 0) is 17.1 Å². The second kappa shape index (κ2) is 32.0. The van der Waals surface area contributed by atoms with Gasteiger partial charge in [0.2, 0.25) is 0 Å². The molecule has 16 heteroatoms. The Balaban J connectivity index is 0.000000496. The van der Waals surface area contributed by atoms with E-state index in [1.54, 1.807) is 24.8 Å². The van der Waals surface area contributed by atoms with Gasteiger partial charge in [-0.1, -0.05) is 0 Å². The Morgan fingerprint density at radius 1 is 0.329 bits per heavy atom. The summed E-state index contributed by atoms with van der Waals surface area (Å²) >= 11 is 28.6. The van der Waals surface area contributed by atoms with Crippen molar-refractivity contribution in [3.63, 3.8) is 0 Å². The quantitative estimate of drug-likeness (QED) is 0.103. The maximum absolute atomic E-state index is 5.68. The van der Waals surface area contributed by atoms with E-state index in [2.05, 4.69) is 197 Å². The van der Waals surface area contributed by atoms with Crippen LogP contribution >= 0.6 is 69.6 Å². The van der Waals surface area contributed by atoms with Gasteiger partial charge in [-0.3, -0.25) is 0 Å². The Hall–Kier alpha value is -5.55. The largest absolute Gasteiger partial charge is 1.00 e. The van der Waals surface area contributed by atoms with Crippen LogP contribution in [0.5, 0.6) is 0 Å². The molecule has 0 saturated carbocycles. The van der Waals surface area contributed by atoms with E-state index >= 15 is 0 Å². The van der Waals surface area contributed by atoms with Crippen LogP contribution < -0.4 is 32.3 Å². The van der Waals surface area contributed by atoms with Crippen LogP contribution in [0, 0.1) is 92.9 Å². The number of alkyl halides is 6. The Bertz CT molecular complexity index is 2810. The van der Waals surface area contributed by atoms with Gasteiger partial charge < -0.3 is 42.3 Å². The molecule has 4 aromatic carbocycles. The van der Waals surface area contributed by atoms with Gasteiger partial charge in [0, 0.05) is 159 Å². The molecule has 1 aliphatic rings. The van der Waals surface area contributed by atoms with Gasteiger partial charge in [-0.25, -0.2) is 9.97 Å². The first kappa shape index (κ1) is 66.0. The van der Waals surface area contributed by atoms with Gasteiger partial charge in [-0.15, -0.1) is 69.6 Å². The van der Waals surface area contributed by atoms with E-state index in [0.717, 1.165) is 148 Å². The predicted molar refractivity (Wildman–Crippen MR) is 321 cm³/mol. The third kappa shape index (κ3) is 15.5. The van der Waals surface area contributed by atoms with Crippen LogP contribution in [0.25, 0.3) is 0 Å². The Morgan fingerprint density at radius 3 is 0.608 bits per heavy atom. The van der Waals surface area contributed by atoms with Crippen LogP contribution in [0.15, 0.2) is 146 Å². The minimum atomic E-state index is 0. The fourth-order valence-electron chi connectivity index (χ4n) is 9.14. The normalized spacial score (nSPS) is 11.1. The summed E-state index contributed by atoms with van der Waals surface area (Å²) < 4.78 is 0. The van der Waals surface area contributed by atoms with Crippen molar-refractivity contribution in [2.45, 2.75) is 69.2 Å². The summed E-state index contributed by atoms with van der Waals surface area (Å²) in [6, 6.07) is 42.6. The number of aryl methyl sites for hydroxylation is 2. The second-order valence-corrected chi connectivity index (χ2v) is 20.3. The standard InChI is InChI=1S/C52H44N4.2C4H6N2.3CH2Cl2.ClH.Fe/c1-29-30(2)46-42(38-23-15-10-16-24-38)48-33(5)34(6)50(55-48)44(40-27-19-12-20-28-40)52-36(8)35(7)51(56-52)43(39-25-17-11-18-26-39)49-32(4)31(3)47(54-49)41(45(29)53-46)37-21-13-9-14-22-37;2*1-4-5-2-3-6-4;3*2-1-3;;/h9-28H,1-8H3;2*2-3H,1H3,(H,5,6);3*1H2;1H;/p-1. The molecule has 6 aromatic heterocycles. The number of rotatable bonds is 4. The van der Waals surface area contributed by atoms with Gasteiger partial charge in [0.25, 0.3) is 0 Å². The molecule has 7 heterocycles. The van der Waals surface area contributed by atoms with Crippen LogP contribution in [0.2, 0.25) is 0 Å². The molecule has 0 atom stereocenters. The number of halogens is 7. The monoisotopic (exact) mass is 1230 g/mol. The number of H-pyrrole nitrogens is 2. The van der Waals surface area contributed by atoms with Crippen LogP contribution in [0.4, 0.5) is 0 Å². The molecule has 11 rings (SSSR count). The zero-order chi connectivity index (χ0) is 55.8. The molecule has 412 valence electrons. The van der Waals surface area contributed by atoms with Crippen molar-refractivity contribution in [1.29, 1.82) is 0 Å². The summed E-state index contributed by atoms with van der Waals surface area (Å²) in [6.45, 7) is 21.5. The minimum absolute atomic E-state index is 0. The van der Waals surface area contributed by atoms with E-state index in [4.69, 9.17) is 89.5 Å². The third-order valence-electron chi connectivity index (χ3n) is 13.4. The SMILES string of the molecule is Cc1c2[n-]c(c1C)[C+](c1ccccc1)c1[n-]c(c(C)c1C)[C+](c1ccccc1)c1[n-]c(c(C)c1C)[C+](c1ccccc1)c1[n-]c(c(C)c1C)[C+]2c1ccccc1.Cc1ncc[nH]1.Cc1ncc[nH]1.ClCCl.ClCCl.ClCCl.[Cl-].[Fe]. The summed E-state index contributed by atoms with van der Waals surface area (Å²) in [5, 5.41) is 0.583. The molecule has 10 aromatic rings. The van der Waals surface area contributed by atoms with Crippen molar-refractivity contribution < 1.29 is 29.5 Å². The number of hydrogen-bond acceptors (Lipinski definition) is 2. The molecule has 2 N–H and O–H groups in total. The molecule has 79 heavy (non-hydrogen) atoms. The number of nitrogens with one attached hydrogen (secondary N) is 2. The first-order chi connectivity index (χ1) is 37.2. The maximum atomic E-state index is 5.68. The van der Waals surface area contributed by atoms with E-state index in [0.29, 0.717) is 0 Å². The number of imidazole rings is 2. The zero-order valence-corrected chi connectivity index (χ0v) is 52.1. The van der Waals surface area contributed by atoms with Crippen LogP contribution in [0.1, 0.15) is 124 Å². The topological polar surface area (TPSA) is 114 Å². The number of benzene rings is 4. The smallest absolute Gasteiger partial charge is 0.102 e. The molecule has 0 aliphatic carbocycles. The van der Waals surface area contributed by atoms with Crippen molar-refractivity contribution in [2.24, 2.45) is 0 Å². The van der Waals surface area contributed by atoms with Crippen LogP contribution in [-0.4, -0.2) is 36.0 Å².